The molecule has 0 aliphatic carbocycles. The SMILES string of the molecule is CC(C)SCCNC(C)(CO)c1ccccc1. The van der Waals surface area contributed by atoms with Crippen LogP contribution in [0.15, 0.2) is 30.3 Å². The van der Waals surface area contributed by atoms with Crippen molar-refractivity contribution in [2.24, 2.45) is 0 Å². The maximum atomic E-state index is 9.58. The fraction of sp³-hybridized carbons (Fsp3) is 0.571. The summed E-state index contributed by atoms with van der Waals surface area (Å²) >= 11 is 1.93. The number of aliphatic hydroxyl groups is 1. The van der Waals surface area contributed by atoms with E-state index in [1.54, 1.807) is 0 Å². The Bertz CT molecular complexity index is 315. The Morgan fingerprint density at radius 2 is 1.94 bits per heavy atom. The van der Waals surface area contributed by atoms with Crippen LogP contribution in [0, 0.1) is 0 Å². The van der Waals surface area contributed by atoms with Crippen LogP contribution in [0.5, 0.6) is 0 Å². The summed E-state index contributed by atoms with van der Waals surface area (Å²) in [6.07, 6.45) is 0. The van der Waals surface area contributed by atoms with E-state index in [4.69, 9.17) is 0 Å². The predicted molar refractivity (Wildman–Crippen MR) is 76.5 cm³/mol. The number of thioether (sulfide) groups is 1. The number of aliphatic hydroxyl groups excluding tert-OH is 1. The molecule has 0 bridgehead atoms. The summed E-state index contributed by atoms with van der Waals surface area (Å²) in [6.45, 7) is 7.47. The normalized spacial score (nSPS) is 14.9. The van der Waals surface area contributed by atoms with Gasteiger partial charge in [-0.2, -0.15) is 11.8 Å². The highest BCUT2D eigenvalue weighted by Gasteiger charge is 2.24. The smallest absolute Gasteiger partial charge is 0.0652 e. The number of hydrogen-bond acceptors (Lipinski definition) is 3. The topological polar surface area (TPSA) is 32.3 Å². The molecule has 2 N–H and O–H groups in total. The Kier molecular flexibility index (Phi) is 6.03. The van der Waals surface area contributed by atoms with E-state index in [0.29, 0.717) is 5.25 Å². The lowest BCUT2D eigenvalue weighted by molar-refractivity contribution is 0.177. The molecule has 0 radical (unpaired) electrons. The summed E-state index contributed by atoms with van der Waals surface area (Å²) in [7, 11) is 0. The first-order valence-electron chi connectivity index (χ1n) is 6.11. The lowest BCUT2D eigenvalue weighted by Crippen LogP contribution is -2.44. The molecule has 0 saturated carbocycles. The molecule has 17 heavy (non-hydrogen) atoms. The van der Waals surface area contributed by atoms with E-state index in [9.17, 15) is 5.11 Å². The monoisotopic (exact) mass is 253 g/mol. The third-order valence-electron chi connectivity index (χ3n) is 2.80. The minimum atomic E-state index is -0.335. The average molecular weight is 253 g/mol. The first-order valence-corrected chi connectivity index (χ1v) is 7.16. The van der Waals surface area contributed by atoms with Gasteiger partial charge in [0.1, 0.15) is 0 Å². The Balaban J connectivity index is 2.52. The lowest BCUT2D eigenvalue weighted by Gasteiger charge is -2.29. The van der Waals surface area contributed by atoms with E-state index in [2.05, 4.69) is 31.3 Å². The van der Waals surface area contributed by atoms with Gasteiger partial charge in [0.15, 0.2) is 0 Å². The molecule has 3 heteroatoms. The first kappa shape index (κ1) is 14.6. The largest absolute Gasteiger partial charge is 0.394 e. The van der Waals surface area contributed by atoms with Gasteiger partial charge in [-0.1, -0.05) is 44.2 Å². The van der Waals surface area contributed by atoms with Crippen LogP contribution in [0.3, 0.4) is 0 Å². The molecular weight excluding hydrogens is 230 g/mol. The molecule has 0 aliphatic heterocycles. The van der Waals surface area contributed by atoms with E-state index in [0.717, 1.165) is 17.9 Å². The van der Waals surface area contributed by atoms with Gasteiger partial charge in [-0.25, -0.2) is 0 Å². The van der Waals surface area contributed by atoms with Gasteiger partial charge in [0.25, 0.3) is 0 Å². The van der Waals surface area contributed by atoms with Crippen molar-refractivity contribution in [2.75, 3.05) is 18.9 Å². The van der Waals surface area contributed by atoms with Crippen molar-refractivity contribution in [3.8, 4) is 0 Å². The first-order chi connectivity index (χ1) is 8.08. The van der Waals surface area contributed by atoms with Crippen molar-refractivity contribution < 1.29 is 5.11 Å². The van der Waals surface area contributed by atoms with Crippen molar-refractivity contribution in [1.82, 2.24) is 5.32 Å². The zero-order valence-corrected chi connectivity index (χ0v) is 11.8. The maximum absolute atomic E-state index is 9.58. The molecule has 1 atom stereocenters. The molecule has 96 valence electrons. The van der Waals surface area contributed by atoms with E-state index in [1.165, 1.54) is 0 Å². The lowest BCUT2D eigenvalue weighted by atomic mass is 9.93. The van der Waals surface area contributed by atoms with Crippen LogP contribution in [-0.4, -0.2) is 29.3 Å². The van der Waals surface area contributed by atoms with Crippen LogP contribution in [-0.2, 0) is 5.54 Å². The van der Waals surface area contributed by atoms with E-state index in [-0.39, 0.29) is 12.1 Å². The molecule has 1 unspecified atom stereocenters. The fourth-order valence-electron chi connectivity index (χ4n) is 1.68. The van der Waals surface area contributed by atoms with Gasteiger partial charge in [-0.3, -0.25) is 0 Å². The Morgan fingerprint density at radius 3 is 2.47 bits per heavy atom. The zero-order valence-electron chi connectivity index (χ0n) is 10.9. The second-order valence-electron chi connectivity index (χ2n) is 4.70. The molecular formula is C14H23NOS. The molecule has 0 fully saturated rings. The Labute approximate surface area is 109 Å². The fourth-order valence-corrected chi connectivity index (χ4v) is 2.37. The standard InChI is InChI=1S/C14H23NOS/c1-12(2)17-10-9-15-14(3,11-16)13-7-5-4-6-8-13/h4-8,12,15-16H,9-11H2,1-3H3. The molecule has 0 heterocycles. The van der Waals surface area contributed by atoms with Gasteiger partial charge >= 0.3 is 0 Å². The van der Waals surface area contributed by atoms with E-state index in [1.807, 2.05) is 36.9 Å². The van der Waals surface area contributed by atoms with Gasteiger partial charge in [0.05, 0.1) is 12.1 Å². The van der Waals surface area contributed by atoms with Crippen LogP contribution in [0.2, 0.25) is 0 Å². The van der Waals surface area contributed by atoms with Gasteiger partial charge in [-0.05, 0) is 17.7 Å². The number of benzene rings is 1. The summed E-state index contributed by atoms with van der Waals surface area (Å²) in [5.74, 6) is 1.07. The average Bonchev–Trinajstić information content (AvgIpc) is 2.35. The van der Waals surface area contributed by atoms with Gasteiger partial charge in [-0.15, -0.1) is 0 Å². The minimum absolute atomic E-state index is 0.114. The van der Waals surface area contributed by atoms with Crippen LogP contribution in [0.4, 0.5) is 0 Å². The quantitative estimate of drug-likeness (QED) is 0.733. The summed E-state index contributed by atoms with van der Waals surface area (Å²) in [5, 5.41) is 13.7. The Morgan fingerprint density at radius 1 is 1.29 bits per heavy atom. The second kappa shape index (κ2) is 7.04. The highest BCUT2D eigenvalue weighted by molar-refractivity contribution is 7.99. The van der Waals surface area contributed by atoms with Crippen LogP contribution >= 0.6 is 11.8 Å². The van der Waals surface area contributed by atoms with Crippen molar-refractivity contribution in [3.05, 3.63) is 35.9 Å². The predicted octanol–water partition coefficient (Wildman–Crippen LogP) is 2.63. The molecule has 2 nitrogen and oxygen atoms in total. The van der Waals surface area contributed by atoms with Crippen molar-refractivity contribution in [1.29, 1.82) is 0 Å². The number of rotatable bonds is 7. The third-order valence-corrected chi connectivity index (χ3v) is 3.90. The second-order valence-corrected chi connectivity index (χ2v) is 6.39. The van der Waals surface area contributed by atoms with Crippen molar-refractivity contribution in [3.63, 3.8) is 0 Å². The zero-order chi connectivity index (χ0) is 12.7. The van der Waals surface area contributed by atoms with E-state index >= 15 is 0 Å². The molecule has 0 spiro atoms. The highest BCUT2D eigenvalue weighted by Crippen LogP contribution is 2.19. The van der Waals surface area contributed by atoms with Gasteiger partial charge < -0.3 is 10.4 Å². The van der Waals surface area contributed by atoms with Crippen molar-refractivity contribution >= 4 is 11.8 Å². The number of nitrogens with one attached hydrogen (secondary N) is 1. The van der Waals surface area contributed by atoms with Gasteiger partial charge in [0, 0.05) is 12.3 Å². The molecule has 0 saturated heterocycles. The van der Waals surface area contributed by atoms with Crippen LogP contribution in [0.1, 0.15) is 26.3 Å². The summed E-state index contributed by atoms with van der Waals surface area (Å²) in [5.41, 5.74) is 0.802. The van der Waals surface area contributed by atoms with E-state index < -0.39 is 0 Å². The minimum Gasteiger partial charge on any atom is -0.394 e. The molecule has 1 rings (SSSR count). The summed E-state index contributed by atoms with van der Waals surface area (Å²) in [6, 6.07) is 10.1. The Hall–Kier alpha value is -0.510. The molecule has 1 aromatic carbocycles. The molecule has 0 aliphatic rings. The highest BCUT2D eigenvalue weighted by atomic mass is 32.2. The van der Waals surface area contributed by atoms with Crippen LogP contribution < -0.4 is 5.32 Å². The van der Waals surface area contributed by atoms with Gasteiger partial charge in [0.2, 0.25) is 0 Å². The molecule has 0 amide bonds. The van der Waals surface area contributed by atoms with Crippen LogP contribution in [0.25, 0.3) is 0 Å². The molecule has 1 aromatic rings. The van der Waals surface area contributed by atoms with Crippen molar-refractivity contribution in [2.45, 2.75) is 31.6 Å². The maximum Gasteiger partial charge on any atom is 0.0652 e. The number of hydrogen-bond donors (Lipinski definition) is 2. The third kappa shape index (κ3) is 4.70. The summed E-state index contributed by atoms with van der Waals surface area (Å²) in [4.78, 5) is 0. The summed E-state index contributed by atoms with van der Waals surface area (Å²) < 4.78 is 0. The molecule has 0 aromatic heterocycles.